The highest BCUT2D eigenvalue weighted by atomic mass is 16.1. The van der Waals surface area contributed by atoms with Crippen LogP contribution in [0.1, 0.15) is 36.9 Å². The molecule has 1 aliphatic rings. The molecule has 4 nitrogen and oxygen atoms in total. The molecule has 0 aliphatic carbocycles. The highest BCUT2D eigenvalue weighted by molar-refractivity contribution is 5.77. The van der Waals surface area contributed by atoms with Crippen LogP contribution in [0.2, 0.25) is 0 Å². The van der Waals surface area contributed by atoms with E-state index >= 15 is 0 Å². The lowest BCUT2D eigenvalue weighted by Gasteiger charge is -2.33. The summed E-state index contributed by atoms with van der Waals surface area (Å²) >= 11 is 0. The number of nitrogens with one attached hydrogen (secondary N) is 2. The van der Waals surface area contributed by atoms with E-state index in [1.54, 1.807) is 7.05 Å². The van der Waals surface area contributed by atoms with Gasteiger partial charge in [-0.15, -0.1) is 0 Å². The maximum atomic E-state index is 11.4. The van der Waals surface area contributed by atoms with Gasteiger partial charge in [0.15, 0.2) is 0 Å². The van der Waals surface area contributed by atoms with Crippen LogP contribution in [-0.4, -0.2) is 43.5 Å². The third kappa shape index (κ3) is 4.83. The minimum Gasteiger partial charge on any atom is -0.358 e. The van der Waals surface area contributed by atoms with Crippen LogP contribution in [0, 0.1) is 6.92 Å². The summed E-state index contributed by atoms with van der Waals surface area (Å²) in [5, 5.41) is 6.40. The van der Waals surface area contributed by atoms with Gasteiger partial charge in [-0.1, -0.05) is 29.8 Å². The molecule has 1 aliphatic heterocycles. The Kier molecular flexibility index (Phi) is 5.76. The van der Waals surface area contributed by atoms with Crippen LogP contribution in [0.5, 0.6) is 0 Å². The predicted octanol–water partition coefficient (Wildman–Crippen LogP) is 1.86. The van der Waals surface area contributed by atoms with Crippen LogP contribution in [0.3, 0.4) is 0 Å². The normalized spacial score (nSPS) is 18.4. The number of likely N-dealkylation sites (tertiary alicyclic amines) is 1. The van der Waals surface area contributed by atoms with Gasteiger partial charge >= 0.3 is 0 Å². The molecule has 4 heteroatoms. The first kappa shape index (κ1) is 16.0. The summed E-state index contributed by atoms with van der Waals surface area (Å²) < 4.78 is 0. The van der Waals surface area contributed by atoms with Gasteiger partial charge in [0.1, 0.15) is 0 Å². The molecule has 2 N–H and O–H groups in total. The number of carbonyl (C=O) groups is 1. The van der Waals surface area contributed by atoms with Crippen molar-refractivity contribution in [1.82, 2.24) is 15.5 Å². The summed E-state index contributed by atoms with van der Waals surface area (Å²) in [6.45, 7) is 6.85. The molecule has 2 rings (SSSR count). The molecule has 21 heavy (non-hydrogen) atoms. The monoisotopic (exact) mass is 289 g/mol. The SMILES string of the molecule is CNC(=O)CN1CCC(NC(C)c2ccc(C)cc2)CC1. The number of benzene rings is 1. The largest absolute Gasteiger partial charge is 0.358 e. The van der Waals surface area contributed by atoms with Gasteiger partial charge in [0, 0.05) is 32.2 Å². The van der Waals surface area contributed by atoms with E-state index in [1.807, 2.05) is 0 Å². The van der Waals surface area contributed by atoms with E-state index in [4.69, 9.17) is 0 Å². The Hall–Kier alpha value is -1.39. The lowest BCUT2D eigenvalue weighted by atomic mass is 10.0. The molecule has 0 spiro atoms. The van der Waals surface area contributed by atoms with Crippen molar-refractivity contribution in [2.45, 2.75) is 38.8 Å². The first-order valence-electron chi connectivity index (χ1n) is 7.84. The minimum absolute atomic E-state index is 0.106. The molecule has 1 aromatic carbocycles. The molecule has 1 unspecified atom stereocenters. The van der Waals surface area contributed by atoms with Gasteiger partial charge in [0.2, 0.25) is 5.91 Å². The smallest absolute Gasteiger partial charge is 0.233 e. The summed E-state index contributed by atoms with van der Waals surface area (Å²) in [4.78, 5) is 13.6. The lowest BCUT2D eigenvalue weighted by Crippen LogP contribution is -2.46. The van der Waals surface area contributed by atoms with E-state index < -0.39 is 0 Å². The van der Waals surface area contributed by atoms with Gasteiger partial charge in [0.25, 0.3) is 0 Å². The first-order valence-corrected chi connectivity index (χ1v) is 7.84. The van der Waals surface area contributed by atoms with Gasteiger partial charge in [-0.25, -0.2) is 0 Å². The van der Waals surface area contributed by atoms with Crippen molar-refractivity contribution in [2.75, 3.05) is 26.7 Å². The van der Waals surface area contributed by atoms with E-state index in [2.05, 4.69) is 53.6 Å². The molecular weight excluding hydrogens is 262 g/mol. The Morgan fingerprint density at radius 3 is 2.48 bits per heavy atom. The zero-order chi connectivity index (χ0) is 15.2. The van der Waals surface area contributed by atoms with E-state index in [0.29, 0.717) is 18.6 Å². The molecule has 116 valence electrons. The number of piperidine rings is 1. The quantitative estimate of drug-likeness (QED) is 0.869. The number of amides is 1. The van der Waals surface area contributed by atoms with Gasteiger partial charge in [-0.2, -0.15) is 0 Å². The predicted molar refractivity (Wildman–Crippen MR) is 86.3 cm³/mol. The zero-order valence-corrected chi connectivity index (χ0v) is 13.4. The van der Waals surface area contributed by atoms with Crippen molar-refractivity contribution in [3.8, 4) is 0 Å². The number of likely N-dealkylation sites (N-methyl/N-ethyl adjacent to an activating group) is 1. The number of hydrogen-bond donors (Lipinski definition) is 2. The number of hydrogen-bond acceptors (Lipinski definition) is 3. The van der Waals surface area contributed by atoms with Gasteiger partial charge in [-0.3, -0.25) is 9.69 Å². The fourth-order valence-corrected chi connectivity index (χ4v) is 2.84. The number of rotatable bonds is 5. The van der Waals surface area contributed by atoms with Crippen molar-refractivity contribution in [1.29, 1.82) is 0 Å². The van der Waals surface area contributed by atoms with E-state index in [-0.39, 0.29) is 5.91 Å². The van der Waals surface area contributed by atoms with E-state index in [0.717, 1.165) is 25.9 Å². The highest BCUT2D eigenvalue weighted by Crippen LogP contribution is 2.17. The van der Waals surface area contributed by atoms with E-state index in [1.165, 1.54) is 11.1 Å². The Morgan fingerprint density at radius 1 is 1.29 bits per heavy atom. The molecule has 1 fully saturated rings. The first-order chi connectivity index (χ1) is 10.1. The van der Waals surface area contributed by atoms with Gasteiger partial charge < -0.3 is 10.6 Å². The second-order valence-electron chi connectivity index (χ2n) is 6.02. The molecule has 0 aromatic heterocycles. The summed E-state index contributed by atoms with van der Waals surface area (Å²) in [7, 11) is 1.69. The van der Waals surface area contributed by atoms with Crippen molar-refractivity contribution in [3.05, 3.63) is 35.4 Å². The summed E-state index contributed by atoms with van der Waals surface area (Å²) in [6.07, 6.45) is 2.21. The van der Waals surface area contributed by atoms with Gasteiger partial charge in [0.05, 0.1) is 6.54 Å². The third-order valence-corrected chi connectivity index (χ3v) is 4.30. The third-order valence-electron chi connectivity index (χ3n) is 4.30. The fourth-order valence-electron chi connectivity index (χ4n) is 2.84. The Labute approximate surface area is 127 Å². The maximum Gasteiger partial charge on any atom is 0.233 e. The van der Waals surface area contributed by atoms with Crippen LogP contribution < -0.4 is 10.6 Å². The van der Waals surface area contributed by atoms with Gasteiger partial charge in [-0.05, 0) is 32.3 Å². The fraction of sp³-hybridized carbons (Fsp3) is 0.588. The molecule has 0 radical (unpaired) electrons. The summed E-state index contributed by atoms with van der Waals surface area (Å²) in [5.41, 5.74) is 2.64. The minimum atomic E-state index is 0.106. The Balaban J connectivity index is 1.77. The van der Waals surface area contributed by atoms with Crippen molar-refractivity contribution < 1.29 is 4.79 Å². The van der Waals surface area contributed by atoms with Crippen molar-refractivity contribution >= 4 is 5.91 Å². The molecule has 1 atom stereocenters. The summed E-state index contributed by atoms with van der Waals surface area (Å²) in [5.74, 6) is 0.106. The van der Waals surface area contributed by atoms with Crippen molar-refractivity contribution in [3.63, 3.8) is 0 Å². The molecule has 0 bridgehead atoms. The number of aryl methyl sites for hydroxylation is 1. The number of carbonyl (C=O) groups excluding carboxylic acids is 1. The van der Waals surface area contributed by atoms with Crippen molar-refractivity contribution in [2.24, 2.45) is 0 Å². The molecule has 1 saturated heterocycles. The molecule has 1 amide bonds. The average molecular weight is 289 g/mol. The maximum absolute atomic E-state index is 11.4. The second-order valence-corrected chi connectivity index (χ2v) is 6.02. The molecular formula is C17H27N3O. The van der Waals surface area contributed by atoms with E-state index in [9.17, 15) is 4.79 Å². The van der Waals surface area contributed by atoms with Crippen LogP contribution in [0.4, 0.5) is 0 Å². The number of nitrogens with zero attached hydrogens (tertiary/aromatic N) is 1. The van der Waals surface area contributed by atoms with Crippen LogP contribution in [0.15, 0.2) is 24.3 Å². The standard InChI is InChI=1S/C17H27N3O/c1-13-4-6-15(7-5-13)14(2)19-16-8-10-20(11-9-16)12-17(21)18-3/h4-7,14,16,19H,8-12H2,1-3H3,(H,18,21). The molecule has 1 aromatic rings. The Morgan fingerprint density at radius 2 is 1.90 bits per heavy atom. The van der Waals surface area contributed by atoms with Crippen LogP contribution in [0.25, 0.3) is 0 Å². The molecule has 1 heterocycles. The zero-order valence-electron chi connectivity index (χ0n) is 13.4. The summed E-state index contributed by atoms with van der Waals surface area (Å²) in [6, 6.07) is 9.66. The molecule has 0 saturated carbocycles. The topological polar surface area (TPSA) is 44.4 Å². The van der Waals surface area contributed by atoms with Crippen LogP contribution in [-0.2, 0) is 4.79 Å². The second kappa shape index (κ2) is 7.57. The average Bonchev–Trinajstić information content (AvgIpc) is 2.49. The highest BCUT2D eigenvalue weighted by Gasteiger charge is 2.21. The van der Waals surface area contributed by atoms with Crippen LogP contribution >= 0.6 is 0 Å². The lowest BCUT2D eigenvalue weighted by molar-refractivity contribution is -0.122. The Bertz CT molecular complexity index is 450.